The van der Waals surface area contributed by atoms with E-state index in [-0.39, 0.29) is 27.1 Å². The highest BCUT2D eigenvalue weighted by Crippen LogP contribution is 2.35. The second-order valence-electron chi connectivity index (χ2n) is 6.93. The molecule has 0 aromatic heterocycles. The van der Waals surface area contributed by atoms with Gasteiger partial charge in [0.1, 0.15) is 9.84 Å². The molecule has 0 aliphatic rings. The normalized spacial score (nSPS) is 13.2. The Morgan fingerprint density at radius 3 is 2.10 bits per heavy atom. The van der Waals surface area contributed by atoms with Crippen molar-refractivity contribution in [1.82, 2.24) is 0 Å². The summed E-state index contributed by atoms with van der Waals surface area (Å²) in [5.41, 5.74) is 0.271. The summed E-state index contributed by atoms with van der Waals surface area (Å²) in [7, 11) is -7.03. The summed E-state index contributed by atoms with van der Waals surface area (Å²) in [6.07, 6.45) is 1.46. The van der Waals surface area contributed by atoms with Gasteiger partial charge in [0.2, 0.25) is 0 Å². The highest BCUT2D eigenvalue weighted by molar-refractivity contribution is 7.93. The predicted octanol–water partition coefficient (Wildman–Crippen LogP) is 5.84. The van der Waals surface area contributed by atoms with Crippen molar-refractivity contribution in [3.8, 4) is 0 Å². The molecule has 0 fully saturated rings. The van der Waals surface area contributed by atoms with E-state index >= 15 is 0 Å². The van der Waals surface area contributed by atoms with Gasteiger partial charge in [0.15, 0.2) is 0 Å². The standard InChI is InChI=1S/C20H24Cl3NO4S2/c1-3-29(25,26)13-5-4-6-15(2)24(20-14-17(22)9-12-19(20)23)30(27,28)18-10-7-16(21)8-11-18/h7-12,14-15H,3-6,13H2,1-2H3/t15-/m1/s1. The second kappa shape index (κ2) is 10.6. The molecule has 166 valence electrons. The Hall–Kier alpha value is -0.990. The van der Waals surface area contributed by atoms with Crippen molar-refractivity contribution in [2.45, 2.75) is 44.0 Å². The molecular formula is C20H24Cl3NO4S2. The number of sulfonamides is 1. The Bertz CT molecular complexity index is 1070. The number of rotatable bonds is 10. The summed E-state index contributed by atoms with van der Waals surface area (Å²) >= 11 is 18.3. The maximum Gasteiger partial charge on any atom is 0.264 e. The minimum atomic E-state index is -3.97. The van der Waals surface area contributed by atoms with Crippen LogP contribution in [-0.2, 0) is 19.9 Å². The molecule has 1 atom stereocenters. The van der Waals surface area contributed by atoms with E-state index in [0.717, 1.165) is 0 Å². The van der Waals surface area contributed by atoms with Crippen molar-refractivity contribution in [2.24, 2.45) is 0 Å². The Labute approximate surface area is 193 Å². The smallest absolute Gasteiger partial charge is 0.262 e. The van der Waals surface area contributed by atoms with Gasteiger partial charge in [-0.05, 0) is 62.2 Å². The van der Waals surface area contributed by atoms with Crippen LogP contribution in [0.15, 0.2) is 47.4 Å². The lowest BCUT2D eigenvalue weighted by Crippen LogP contribution is -2.39. The number of halogens is 3. The van der Waals surface area contributed by atoms with Gasteiger partial charge in [-0.1, -0.05) is 48.1 Å². The van der Waals surface area contributed by atoms with Gasteiger partial charge >= 0.3 is 0 Å². The Morgan fingerprint density at radius 2 is 1.50 bits per heavy atom. The Morgan fingerprint density at radius 1 is 0.900 bits per heavy atom. The first-order valence-electron chi connectivity index (χ1n) is 9.43. The van der Waals surface area contributed by atoms with Crippen molar-refractivity contribution < 1.29 is 16.8 Å². The number of hydrogen-bond acceptors (Lipinski definition) is 4. The van der Waals surface area contributed by atoms with Crippen molar-refractivity contribution in [3.63, 3.8) is 0 Å². The summed E-state index contributed by atoms with van der Waals surface area (Å²) in [6.45, 7) is 3.37. The van der Waals surface area contributed by atoms with E-state index < -0.39 is 25.9 Å². The van der Waals surface area contributed by atoms with Gasteiger partial charge in [0.05, 0.1) is 21.4 Å². The second-order valence-corrected chi connectivity index (χ2v) is 12.5. The van der Waals surface area contributed by atoms with E-state index in [9.17, 15) is 16.8 Å². The average molecular weight is 513 g/mol. The van der Waals surface area contributed by atoms with Crippen molar-refractivity contribution >= 4 is 60.4 Å². The van der Waals surface area contributed by atoms with Crippen LogP contribution in [0.1, 0.15) is 33.1 Å². The third-order valence-electron chi connectivity index (χ3n) is 4.68. The van der Waals surface area contributed by atoms with Crippen LogP contribution < -0.4 is 4.31 Å². The fourth-order valence-electron chi connectivity index (χ4n) is 3.00. The molecule has 0 amide bonds. The van der Waals surface area contributed by atoms with Gasteiger partial charge in [-0.25, -0.2) is 16.8 Å². The van der Waals surface area contributed by atoms with Gasteiger partial charge < -0.3 is 0 Å². The zero-order valence-corrected chi connectivity index (χ0v) is 20.6. The molecule has 2 rings (SSSR count). The minimum Gasteiger partial charge on any atom is -0.262 e. The average Bonchev–Trinajstić information content (AvgIpc) is 2.68. The molecule has 2 aromatic rings. The molecule has 0 spiro atoms. The molecule has 0 saturated carbocycles. The third-order valence-corrected chi connectivity index (χ3v) is 9.22. The molecule has 2 aromatic carbocycles. The number of benzene rings is 2. The molecule has 0 aliphatic carbocycles. The molecule has 0 N–H and O–H groups in total. The molecule has 0 saturated heterocycles. The minimum absolute atomic E-state index is 0.0725. The highest BCUT2D eigenvalue weighted by Gasteiger charge is 2.31. The van der Waals surface area contributed by atoms with Gasteiger partial charge in [0, 0.05) is 21.8 Å². The third kappa shape index (κ3) is 6.50. The van der Waals surface area contributed by atoms with E-state index in [2.05, 4.69) is 0 Å². The van der Waals surface area contributed by atoms with Crippen LogP contribution in [0.3, 0.4) is 0 Å². The zero-order valence-electron chi connectivity index (χ0n) is 16.7. The van der Waals surface area contributed by atoms with Crippen LogP contribution in [0.4, 0.5) is 5.69 Å². The summed E-state index contributed by atoms with van der Waals surface area (Å²) < 4.78 is 51.6. The lowest BCUT2D eigenvalue weighted by molar-refractivity contribution is 0.557. The first-order valence-corrected chi connectivity index (χ1v) is 13.8. The summed E-state index contributed by atoms with van der Waals surface area (Å²) in [5, 5.41) is 1.02. The lowest BCUT2D eigenvalue weighted by atomic mass is 10.1. The zero-order chi connectivity index (χ0) is 22.5. The Kier molecular flexibility index (Phi) is 8.89. The monoisotopic (exact) mass is 511 g/mol. The maximum atomic E-state index is 13.5. The maximum absolute atomic E-state index is 13.5. The fourth-order valence-corrected chi connectivity index (χ4v) is 6.18. The predicted molar refractivity (Wildman–Crippen MR) is 125 cm³/mol. The molecule has 0 aliphatic heterocycles. The molecule has 0 heterocycles. The first-order chi connectivity index (χ1) is 14.0. The largest absolute Gasteiger partial charge is 0.264 e. The van der Waals surface area contributed by atoms with Crippen LogP contribution in [0.25, 0.3) is 0 Å². The van der Waals surface area contributed by atoms with Crippen molar-refractivity contribution in [1.29, 1.82) is 0 Å². The van der Waals surface area contributed by atoms with Gasteiger partial charge in [-0.2, -0.15) is 0 Å². The molecule has 30 heavy (non-hydrogen) atoms. The molecule has 0 radical (unpaired) electrons. The van der Waals surface area contributed by atoms with Gasteiger partial charge in [-0.15, -0.1) is 0 Å². The molecule has 5 nitrogen and oxygen atoms in total. The summed E-state index contributed by atoms with van der Waals surface area (Å²) in [4.78, 5) is 0.0725. The van der Waals surface area contributed by atoms with Crippen molar-refractivity contribution in [3.05, 3.63) is 57.5 Å². The number of nitrogens with zero attached hydrogens (tertiary/aromatic N) is 1. The topological polar surface area (TPSA) is 71.5 Å². The molecular weight excluding hydrogens is 489 g/mol. The van der Waals surface area contributed by atoms with E-state index in [4.69, 9.17) is 34.8 Å². The Balaban J connectivity index is 2.36. The summed E-state index contributed by atoms with van der Waals surface area (Å²) in [6, 6.07) is 10.0. The van der Waals surface area contributed by atoms with Crippen LogP contribution in [-0.4, -0.2) is 34.4 Å². The van der Waals surface area contributed by atoms with E-state index in [1.165, 1.54) is 34.6 Å². The van der Waals surface area contributed by atoms with Gasteiger partial charge in [-0.3, -0.25) is 4.31 Å². The lowest BCUT2D eigenvalue weighted by Gasteiger charge is -2.31. The van der Waals surface area contributed by atoms with Gasteiger partial charge in [0.25, 0.3) is 10.0 Å². The quantitative estimate of drug-likeness (QED) is 0.375. The SMILES string of the molecule is CCS(=O)(=O)CCCC[C@@H](C)N(c1cc(Cl)ccc1Cl)S(=O)(=O)c1ccc(Cl)cc1. The number of sulfone groups is 1. The van der Waals surface area contributed by atoms with Crippen LogP contribution in [0.2, 0.25) is 15.1 Å². The number of hydrogen-bond donors (Lipinski definition) is 0. The highest BCUT2D eigenvalue weighted by atomic mass is 35.5. The summed E-state index contributed by atoms with van der Waals surface area (Å²) in [5.74, 6) is 0.176. The first kappa shape index (κ1) is 25.3. The molecule has 0 unspecified atom stereocenters. The molecule has 10 heteroatoms. The fraction of sp³-hybridized carbons (Fsp3) is 0.400. The van der Waals surface area contributed by atoms with Crippen LogP contribution in [0.5, 0.6) is 0 Å². The number of anilines is 1. The van der Waals surface area contributed by atoms with E-state index in [1.807, 2.05) is 0 Å². The van der Waals surface area contributed by atoms with Crippen molar-refractivity contribution in [2.75, 3.05) is 15.8 Å². The molecule has 0 bridgehead atoms. The van der Waals surface area contributed by atoms with Crippen LogP contribution in [0, 0.1) is 0 Å². The van der Waals surface area contributed by atoms with E-state index in [0.29, 0.717) is 29.3 Å². The van der Waals surface area contributed by atoms with E-state index in [1.54, 1.807) is 26.0 Å². The van der Waals surface area contributed by atoms with Crippen LogP contribution >= 0.6 is 34.8 Å². The number of unbranched alkanes of at least 4 members (excludes halogenated alkanes) is 1.